The number of nitrogens with zero attached hydrogens (tertiary/aromatic N) is 5. The van der Waals surface area contributed by atoms with Crippen LogP contribution >= 0.6 is 0 Å². The SMILES string of the molecule is Cn1cncc1-c1nnc(S(N)(=O)=O)n1C1CC1. The molecular formula is C9H12N6O2S. The van der Waals surface area contributed by atoms with E-state index in [9.17, 15) is 8.42 Å². The Bertz CT molecular complexity index is 696. The number of nitrogens with two attached hydrogens (primary N) is 1. The lowest BCUT2D eigenvalue weighted by Gasteiger charge is -2.07. The van der Waals surface area contributed by atoms with E-state index in [-0.39, 0.29) is 11.2 Å². The Morgan fingerprint density at radius 2 is 2.11 bits per heavy atom. The summed E-state index contributed by atoms with van der Waals surface area (Å²) in [5.74, 6) is 0.488. The summed E-state index contributed by atoms with van der Waals surface area (Å²) in [6, 6.07) is 0.109. The first kappa shape index (κ1) is 11.4. The van der Waals surface area contributed by atoms with Gasteiger partial charge in [-0.15, -0.1) is 10.2 Å². The van der Waals surface area contributed by atoms with E-state index in [4.69, 9.17) is 5.14 Å². The standard InChI is InChI=1S/C9H12N6O2S/c1-14-5-11-4-7(14)8-12-13-9(18(10,16)17)15(8)6-2-3-6/h4-6H,2-3H2,1H3,(H2,10,16,17). The monoisotopic (exact) mass is 268 g/mol. The number of aromatic nitrogens is 5. The molecule has 2 heterocycles. The van der Waals surface area contributed by atoms with Gasteiger partial charge in [-0.2, -0.15) is 0 Å². The molecule has 0 amide bonds. The molecule has 0 bridgehead atoms. The third kappa shape index (κ3) is 1.71. The van der Waals surface area contributed by atoms with E-state index in [0.29, 0.717) is 11.5 Å². The van der Waals surface area contributed by atoms with E-state index >= 15 is 0 Å². The van der Waals surface area contributed by atoms with Crippen LogP contribution in [0.2, 0.25) is 0 Å². The molecule has 3 rings (SSSR count). The molecule has 1 aliphatic rings. The molecule has 2 aromatic heterocycles. The summed E-state index contributed by atoms with van der Waals surface area (Å²) in [5, 5.41) is 12.6. The van der Waals surface area contributed by atoms with Crippen molar-refractivity contribution < 1.29 is 8.42 Å². The van der Waals surface area contributed by atoms with Gasteiger partial charge in [-0.25, -0.2) is 18.5 Å². The molecule has 18 heavy (non-hydrogen) atoms. The first-order valence-electron chi connectivity index (χ1n) is 5.43. The first-order chi connectivity index (χ1) is 8.48. The van der Waals surface area contributed by atoms with Crippen LogP contribution in [0.3, 0.4) is 0 Å². The summed E-state index contributed by atoms with van der Waals surface area (Å²) in [7, 11) is -2.05. The Balaban J connectivity index is 2.23. The third-order valence-corrected chi connectivity index (χ3v) is 3.66. The third-order valence-electron chi connectivity index (χ3n) is 2.88. The molecule has 0 unspecified atom stereocenters. The Morgan fingerprint density at radius 1 is 1.39 bits per heavy atom. The summed E-state index contributed by atoms with van der Waals surface area (Å²) in [4.78, 5) is 3.99. The molecule has 0 spiro atoms. The largest absolute Gasteiger partial charge is 0.331 e. The van der Waals surface area contributed by atoms with Crippen molar-refractivity contribution in [1.82, 2.24) is 24.3 Å². The van der Waals surface area contributed by atoms with Crippen LogP contribution in [-0.4, -0.2) is 32.7 Å². The van der Waals surface area contributed by atoms with Gasteiger partial charge in [0.15, 0.2) is 5.82 Å². The number of primary sulfonamides is 1. The molecule has 1 aliphatic carbocycles. The van der Waals surface area contributed by atoms with Gasteiger partial charge in [0, 0.05) is 13.1 Å². The van der Waals surface area contributed by atoms with Gasteiger partial charge in [-0.3, -0.25) is 4.57 Å². The van der Waals surface area contributed by atoms with Crippen molar-refractivity contribution in [3.63, 3.8) is 0 Å². The average molecular weight is 268 g/mol. The molecular weight excluding hydrogens is 256 g/mol. The molecule has 96 valence electrons. The van der Waals surface area contributed by atoms with Crippen molar-refractivity contribution in [2.45, 2.75) is 24.0 Å². The van der Waals surface area contributed by atoms with Crippen LogP contribution in [-0.2, 0) is 17.1 Å². The van der Waals surface area contributed by atoms with Crippen molar-refractivity contribution in [1.29, 1.82) is 0 Å². The van der Waals surface area contributed by atoms with Crippen molar-refractivity contribution >= 4 is 10.0 Å². The summed E-state index contributed by atoms with van der Waals surface area (Å²) >= 11 is 0. The molecule has 0 aliphatic heterocycles. The first-order valence-corrected chi connectivity index (χ1v) is 6.97. The summed E-state index contributed by atoms with van der Waals surface area (Å²) < 4.78 is 26.3. The number of hydrogen-bond acceptors (Lipinski definition) is 5. The van der Waals surface area contributed by atoms with Crippen LogP contribution in [0.4, 0.5) is 0 Å². The number of hydrogen-bond donors (Lipinski definition) is 1. The van der Waals surface area contributed by atoms with Crippen LogP contribution in [0, 0.1) is 0 Å². The highest BCUT2D eigenvalue weighted by Crippen LogP contribution is 2.39. The number of aryl methyl sites for hydroxylation is 1. The van der Waals surface area contributed by atoms with Gasteiger partial charge in [0.1, 0.15) is 5.69 Å². The molecule has 0 aromatic carbocycles. The quantitative estimate of drug-likeness (QED) is 0.819. The lowest BCUT2D eigenvalue weighted by atomic mass is 10.4. The van der Waals surface area contributed by atoms with Crippen molar-refractivity contribution in [2.75, 3.05) is 0 Å². The minimum Gasteiger partial charge on any atom is -0.331 e. The minimum absolute atomic E-state index is 0.109. The molecule has 9 heteroatoms. The van der Waals surface area contributed by atoms with Gasteiger partial charge >= 0.3 is 0 Å². The number of imidazole rings is 1. The zero-order chi connectivity index (χ0) is 12.9. The zero-order valence-corrected chi connectivity index (χ0v) is 10.5. The fourth-order valence-electron chi connectivity index (χ4n) is 1.88. The molecule has 1 saturated carbocycles. The van der Waals surface area contributed by atoms with E-state index in [2.05, 4.69) is 15.2 Å². The topological polar surface area (TPSA) is 109 Å². The molecule has 0 radical (unpaired) electrons. The number of rotatable bonds is 3. The normalized spacial score (nSPS) is 16.1. The fourth-order valence-corrected chi connectivity index (χ4v) is 2.54. The molecule has 2 aromatic rings. The highest BCUT2D eigenvalue weighted by molar-refractivity contribution is 7.89. The maximum Gasteiger partial charge on any atom is 0.273 e. The van der Waals surface area contributed by atoms with Crippen molar-refractivity contribution in [3.05, 3.63) is 12.5 Å². The van der Waals surface area contributed by atoms with Crippen molar-refractivity contribution in [3.8, 4) is 11.5 Å². The Kier molecular flexibility index (Phi) is 2.29. The number of sulfonamides is 1. The van der Waals surface area contributed by atoms with Gasteiger partial charge in [0.05, 0.1) is 12.5 Å². The van der Waals surface area contributed by atoms with Crippen LogP contribution in [0.25, 0.3) is 11.5 Å². The van der Waals surface area contributed by atoms with Crippen LogP contribution in [0.5, 0.6) is 0 Å². The lowest BCUT2D eigenvalue weighted by molar-refractivity contribution is 0.567. The Labute approximate surface area is 104 Å². The Morgan fingerprint density at radius 3 is 2.61 bits per heavy atom. The van der Waals surface area contributed by atoms with E-state index in [0.717, 1.165) is 12.8 Å². The highest BCUT2D eigenvalue weighted by Gasteiger charge is 2.34. The molecule has 8 nitrogen and oxygen atoms in total. The van der Waals surface area contributed by atoms with Gasteiger partial charge in [0.25, 0.3) is 15.2 Å². The minimum atomic E-state index is -3.86. The van der Waals surface area contributed by atoms with E-state index in [1.54, 1.807) is 21.7 Å². The molecule has 2 N–H and O–H groups in total. The zero-order valence-electron chi connectivity index (χ0n) is 9.68. The maximum atomic E-state index is 11.5. The van der Waals surface area contributed by atoms with Gasteiger partial charge in [-0.05, 0) is 12.8 Å². The average Bonchev–Trinajstić information content (AvgIpc) is 2.86. The van der Waals surface area contributed by atoms with E-state index in [1.807, 2.05) is 7.05 Å². The highest BCUT2D eigenvalue weighted by atomic mass is 32.2. The predicted octanol–water partition coefficient (Wildman–Crippen LogP) is -0.339. The van der Waals surface area contributed by atoms with Crippen LogP contribution < -0.4 is 5.14 Å². The Hall–Kier alpha value is -1.74. The van der Waals surface area contributed by atoms with Crippen LogP contribution in [0.1, 0.15) is 18.9 Å². The maximum absolute atomic E-state index is 11.5. The summed E-state index contributed by atoms with van der Waals surface area (Å²) in [6.45, 7) is 0. The predicted molar refractivity (Wildman–Crippen MR) is 61.9 cm³/mol. The van der Waals surface area contributed by atoms with Gasteiger partial charge in [-0.1, -0.05) is 0 Å². The smallest absolute Gasteiger partial charge is 0.273 e. The van der Waals surface area contributed by atoms with Crippen LogP contribution in [0.15, 0.2) is 17.7 Å². The molecule has 0 atom stereocenters. The van der Waals surface area contributed by atoms with Crippen molar-refractivity contribution in [2.24, 2.45) is 12.2 Å². The van der Waals surface area contributed by atoms with Gasteiger partial charge in [0.2, 0.25) is 0 Å². The second-order valence-electron chi connectivity index (χ2n) is 4.34. The fraction of sp³-hybridized carbons (Fsp3) is 0.444. The second kappa shape index (κ2) is 3.62. The molecule has 0 saturated heterocycles. The van der Waals surface area contributed by atoms with E-state index < -0.39 is 10.0 Å². The molecule has 1 fully saturated rings. The van der Waals surface area contributed by atoms with E-state index in [1.165, 1.54) is 0 Å². The summed E-state index contributed by atoms with van der Waals surface area (Å²) in [6.07, 6.45) is 5.06. The van der Waals surface area contributed by atoms with Gasteiger partial charge < -0.3 is 4.57 Å². The second-order valence-corrected chi connectivity index (χ2v) is 5.80. The lowest BCUT2D eigenvalue weighted by Crippen LogP contribution is -2.18. The summed E-state index contributed by atoms with van der Waals surface area (Å²) in [5.41, 5.74) is 0.712.